The summed E-state index contributed by atoms with van der Waals surface area (Å²) in [6.07, 6.45) is 9.35. The number of imidazole rings is 1. The standard InChI is InChI=1S/C20H21N3O2/c24-20(16-8-4-3-7-15(16)19-21-11-12-22-19)23-13-5-1-2-9-17(23)18-10-6-14-25-18/h3-4,6-8,10-12,14,17H,1-2,5,9,13H2,(H,21,22). The molecule has 1 atom stereocenters. The zero-order valence-electron chi connectivity index (χ0n) is 14.0. The van der Waals surface area contributed by atoms with Crippen LogP contribution in [0, 0.1) is 0 Å². The molecule has 0 saturated carbocycles. The lowest BCUT2D eigenvalue weighted by atomic mass is 10.0. The van der Waals surface area contributed by atoms with Crippen molar-refractivity contribution in [3.05, 3.63) is 66.4 Å². The number of H-pyrrole nitrogens is 1. The molecule has 1 unspecified atom stereocenters. The van der Waals surface area contributed by atoms with Gasteiger partial charge in [0.1, 0.15) is 11.6 Å². The topological polar surface area (TPSA) is 62.1 Å². The number of carbonyl (C=O) groups excluding carboxylic acids is 1. The summed E-state index contributed by atoms with van der Waals surface area (Å²) in [5, 5.41) is 0. The number of aromatic amines is 1. The first-order chi connectivity index (χ1) is 12.3. The van der Waals surface area contributed by atoms with Crippen molar-refractivity contribution >= 4 is 5.91 Å². The van der Waals surface area contributed by atoms with Crippen LogP contribution in [0.1, 0.15) is 47.8 Å². The molecule has 3 aromatic rings. The fraction of sp³-hybridized carbons (Fsp3) is 0.300. The Balaban J connectivity index is 1.72. The number of amides is 1. The summed E-state index contributed by atoms with van der Waals surface area (Å²) < 4.78 is 5.63. The molecule has 2 aromatic heterocycles. The van der Waals surface area contributed by atoms with E-state index < -0.39 is 0 Å². The minimum Gasteiger partial charge on any atom is -0.467 e. The number of hydrogen-bond acceptors (Lipinski definition) is 3. The second-order valence-electron chi connectivity index (χ2n) is 6.36. The van der Waals surface area contributed by atoms with Gasteiger partial charge in [0.05, 0.1) is 17.9 Å². The van der Waals surface area contributed by atoms with Crippen molar-refractivity contribution < 1.29 is 9.21 Å². The largest absolute Gasteiger partial charge is 0.467 e. The number of likely N-dealkylation sites (tertiary alicyclic amines) is 1. The molecule has 128 valence electrons. The van der Waals surface area contributed by atoms with Crippen LogP contribution in [0.2, 0.25) is 0 Å². The van der Waals surface area contributed by atoms with Crippen LogP contribution in [0.25, 0.3) is 11.4 Å². The van der Waals surface area contributed by atoms with E-state index in [9.17, 15) is 4.79 Å². The van der Waals surface area contributed by atoms with Gasteiger partial charge < -0.3 is 14.3 Å². The number of rotatable bonds is 3. The average molecular weight is 335 g/mol. The summed E-state index contributed by atoms with van der Waals surface area (Å²) >= 11 is 0. The number of nitrogens with zero attached hydrogens (tertiary/aromatic N) is 2. The molecule has 5 heteroatoms. The van der Waals surface area contributed by atoms with Crippen LogP contribution in [0.4, 0.5) is 0 Å². The van der Waals surface area contributed by atoms with Crippen LogP contribution < -0.4 is 0 Å². The third kappa shape index (κ3) is 3.09. The molecule has 1 amide bonds. The summed E-state index contributed by atoms with van der Waals surface area (Å²) in [4.78, 5) is 22.8. The van der Waals surface area contributed by atoms with E-state index in [1.165, 1.54) is 0 Å². The van der Waals surface area contributed by atoms with Gasteiger partial charge in [-0.15, -0.1) is 0 Å². The Morgan fingerprint density at radius 1 is 1.16 bits per heavy atom. The molecular formula is C20H21N3O2. The van der Waals surface area contributed by atoms with Gasteiger partial charge in [-0.2, -0.15) is 0 Å². The molecule has 0 bridgehead atoms. The van der Waals surface area contributed by atoms with Gasteiger partial charge in [-0.3, -0.25) is 4.79 Å². The highest BCUT2D eigenvalue weighted by atomic mass is 16.3. The number of carbonyl (C=O) groups is 1. The molecule has 25 heavy (non-hydrogen) atoms. The molecule has 1 N–H and O–H groups in total. The third-order valence-electron chi connectivity index (χ3n) is 4.80. The fourth-order valence-electron chi connectivity index (χ4n) is 3.57. The van der Waals surface area contributed by atoms with Crippen molar-refractivity contribution in [2.24, 2.45) is 0 Å². The maximum atomic E-state index is 13.4. The highest BCUT2D eigenvalue weighted by Gasteiger charge is 2.30. The van der Waals surface area contributed by atoms with E-state index in [2.05, 4.69) is 9.97 Å². The number of nitrogens with one attached hydrogen (secondary N) is 1. The molecule has 5 nitrogen and oxygen atoms in total. The van der Waals surface area contributed by atoms with Gasteiger partial charge in [-0.25, -0.2) is 4.98 Å². The molecule has 0 aliphatic carbocycles. The highest BCUT2D eigenvalue weighted by molar-refractivity contribution is 6.00. The minimum atomic E-state index is -0.00495. The average Bonchev–Trinajstić information content (AvgIpc) is 3.32. The lowest BCUT2D eigenvalue weighted by Gasteiger charge is -2.29. The van der Waals surface area contributed by atoms with Crippen LogP contribution in [-0.4, -0.2) is 27.3 Å². The van der Waals surface area contributed by atoms with E-state index in [0.717, 1.165) is 43.6 Å². The highest BCUT2D eigenvalue weighted by Crippen LogP contribution is 2.33. The molecule has 0 spiro atoms. The molecule has 4 rings (SSSR count). The van der Waals surface area contributed by atoms with Crippen LogP contribution in [-0.2, 0) is 0 Å². The van der Waals surface area contributed by atoms with E-state index in [-0.39, 0.29) is 11.9 Å². The molecular weight excluding hydrogens is 314 g/mol. The Kier molecular flexibility index (Phi) is 4.37. The Morgan fingerprint density at radius 2 is 2.08 bits per heavy atom. The Labute approximate surface area is 146 Å². The SMILES string of the molecule is O=C(c1ccccc1-c1ncc[nH]1)N1CCCCCC1c1ccco1. The summed E-state index contributed by atoms with van der Waals surface area (Å²) in [6, 6.07) is 11.5. The van der Waals surface area contributed by atoms with Crippen LogP contribution in [0.3, 0.4) is 0 Å². The fourth-order valence-corrected chi connectivity index (χ4v) is 3.57. The number of aromatic nitrogens is 2. The number of benzene rings is 1. The zero-order valence-corrected chi connectivity index (χ0v) is 14.0. The maximum absolute atomic E-state index is 13.4. The minimum absolute atomic E-state index is 0.00495. The van der Waals surface area contributed by atoms with Crippen molar-refractivity contribution in [3.8, 4) is 11.4 Å². The molecule has 1 aliphatic rings. The normalized spacial score (nSPS) is 18.1. The van der Waals surface area contributed by atoms with E-state index in [1.807, 2.05) is 41.3 Å². The quantitative estimate of drug-likeness (QED) is 0.770. The second-order valence-corrected chi connectivity index (χ2v) is 6.36. The van der Waals surface area contributed by atoms with Gasteiger partial charge in [0.25, 0.3) is 5.91 Å². The van der Waals surface area contributed by atoms with Crippen molar-refractivity contribution in [1.29, 1.82) is 0 Å². The second kappa shape index (κ2) is 6.97. The van der Waals surface area contributed by atoms with Crippen molar-refractivity contribution in [2.75, 3.05) is 6.54 Å². The first-order valence-electron chi connectivity index (χ1n) is 8.78. The van der Waals surface area contributed by atoms with E-state index in [0.29, 0.717) is 11.4 Å². The molecule has 1 fully saturated rings. The Bertz CT molecular complexity index is 825. The predicted octanol–water partition coefficient (Wildman–Crippen LogP) is 4.43. The van der Waals surface area contributed by atoms with Crippen molar-refractivity contribution in [2.45, 2.75) is 31.7 Å². The van der Waals surface area contributed by atoms with Gasteiger partial charge >= 0.3 is 0 Å². The maximum Gasteiger partial charge on any atom is 0.255 e. The van der Waals surface area contributed by atoms with Gasteiger partial charge in [0.2, 0.25) is 0 Å². The summed E-state index contributed by atoms with van der Waals surface area (Å²) in [6.45, 7) is 0.747. The predicted molar refractivity (Wildman–Crippen MR) is 95.0 cm³/mol. The van der Waals surface area contributed by atoms with Crippen molar-refractivity contribution in [3.63, 3.8) is 0 Å². The van der Waals surface area contributed by atoms with Crippen LogP contribution >= 0.6 is 0 Å². The number of furan rings is 1. The zero-order chi connectivity index (χ0) is 17.1. The van der Waals surface area contributed by atoms with E-state index in [1.54, 1.807) is 18.7 Å². The van der Waals surface area contributed by atoms with E-state index in [4.69, 9.17) is 4.42 Å². The lowest BCUT2D eigenvalue weighted by molar-refractivity contribution is 0.0659. The van der Waals surface area contributed by atoms with Gasteiger partial charge in [0, 0.05) is 24.5 Å². The molecule has 3 heterocycles. The number of hydrogen-bond donors (Lipinski definition) is 1. The first kappa shape index (κ1) is 15.7. The Hall–Kier alpha value is -2.82. The first-order valence-corrected chi connectivity index (χ1v) is 8.78. The van der Waals surface area contributed by atoms with Crippen molar-refractivity contribution in [1.82, 2.24) is 14.9 Å². The van der Waals surface area contributed by atoms with Crippen LogP contribution in [0.15, 0.2) is 59.5 Å². The Morgan fingerprint density at radius 3 is 2.88 bits per heavy atom. The summed E-state index contributed by atoms with van der Waals surface area (Å²) in [5.41, 5.74) is 1.51. The monoisotopic (exact) mass is 335 g/mol. The third-order valence-corrected chi connectivity index (χ3v) is 4.80. The van der Waals surface area contributed by atoms with Gasteiger partial charge in [-0.05, 0) is 31.0 Å². The molecule has 1 aromatic carbocycles. The molecule has 0 radical (unpaired) electrons. The molecule has 1 aliphatic heterocycles. The summed E-state index contributed by atoms with van der Waals surface area (Å²) in [5.74, 6) is 1.62. The molecule has 1 saturated heterocycles. The smallest absolute Gasteiger partial charge is 0.255 e. The van der Waals surface area contributed by atoms with Gasteiger partial charge in [-0.1, -0.05) is 31.0 Å². The lowest BCUT2D eigenvalue weighted by Crippen LogP contribution is -2.35. The van der Waals surface area contributed by atoms with Crippen LogP contribution in [0.5, 0.6) is 0 Å². The summed E-state index contributed by atoms with van der Waals surface area (Å²) in [7, 11) is 0. The van der Waals surface area contributed by atoms with Gasteiger partial charge in [0.15, 0.2) is 0 Å². The van der Waals surface area contributed by atoms with E-state index >= 15 is 0 Å².